The summed E-state index contributed by atoms with van der Waals surface area (Å²) in [6.07, 6.45) is -0.566. The minimum Gasteiger partial charge on any atom is -0.298 e. The fourth-order valence-corrected chi connectivity index (χ4v) is 4.96. The molecule has 1 fully saturated rings. The number of hydrogen-bond donors (Lipinski definition) is 0. The van der Waals surface area contributed by atoms with Crippen molar-refractivity contribution in [3.63, 3.8) is 0 Å². The van der Waals surface area contributed by atoms with E-state index in [0.717, 1.165) is 41.8 Å². The number of alkyl halides is 3. The van der Waals surface area contributed by atoms with Gasteiger partial charge in [-0.2, -0.15) is 13.2 Å². The number of pyridine rings is 1. The van der Waals surface area contributed by atoms with E-state index in [9.17, 15) is 13.2 Å². The van der Waals surface area contributed by atoms with Crippen LogP contribution in [0.25, 0.3) is 22.6 Å². The molecule has 4 aromatic rings. The SMILES string of the molecule is CCN(Cc1c(C(F)(F)F)nc2n(-c3c(C)cc(C)cc3C)c3ncccc3n12)CC1CC1. The van der Waals surface area contributed by atoms with Crippen LogP contribution in [0.15, 0.2) is 30.5 Å². The average Bonchev–Trinajstić information content (AvgIpc) is 3.39. The Morgan fingerprint density at radius 3 is 2.42 bits per heavy atom. The molecule has 3 aromatic heterocycles. The molecule has 0 unspecified atom stereocenters. The van der Waals surface area contributed by atoms with Gasteiger partial charge in [0.2, 0.25) is 5.78 Å². The largest absolute Gasteiger partial charge is 0.435 e. The fourth-order valence-electron chi connectivity index (χ4n) is 4.96. The highest BCUT2D eigenvalue weighted by molar-refractivity contribution is 5.81. The summed E-state index contributed by atoms with van der Waals surface area (Å²) in [6, 6.07) is 7.67. The third-order valence-corrected chi connectivity index (χ3v) is 6.54. The summed E-state index contributed by atoms with van der Waals surface area (Å²) in [5.41, 5.74) is 4.48. The number of fused-ring (bicyclic) bond motifs is 3. The van der Waals surface area contributed by atoms with Crippen LogP contribution in [0.4, 0.5) is 13.2 Å². The molecule has 174 valence electrons. The molecule has 0 spiro atoms. The first kappa shape index (κ1) is 21.9. The number of aromatic nitrogens is 4. The van der Waals surface area contributed by atoms with Crippen LogP contribution in [0, 0.1) is 26.7 Å². The quantitative estimate of drug-likeness (QED) is 0.366. The standard InChI is InChI=1S/C25H28F3N5/c1-5-31(13-18-8-9-18)14-20-22(25(26,27)28)30-24-32(20)19-7-6-10-29-23(19)33(24)21-16(3)11-15(2)12-17(21)4/h6-7,10-12,18H,5,8-9,13-14H2,1-4H3. The van der Waals surface area contributed by atoms with Gasteiger partial charge in [-0.3, -0.25) is 13.9 Å². The van der Waals surface area contributed by atoms with Crippen molar-refractivity contribution in [2.45, 2.75) is 53.3 Å². The van der Waals surface area contributed by atoms with Gasteiger partial charge < -0.3 is 0 Å². The van der Waals surface area contributed by atoms with Gasteiger partial charge in [-0.25, -0.2) is 9.97 Å². The molecule has 0 aliphatic heterocycles. The lowest BCUT2D eigenvalue weighted by Crippen LogP contribution is -2.27. The Hall–Kier alpha value is -2.87. The topological polar surface area (TPSA) is 38.4 Å². The van der Waals surface area contributed by atoms with Crippen LogP contribution >= 0.6 is 0 Å². The predicted molar refractivity (Wildman–Crippen MR) is 123 cm³/mol. The summed E-state index contributed by atoms with van der Waals surface area (Å²) in [5.74, 6) is 0.840. The lowest BCUT2D eigenvalue weighted by molar-refractivity contribution is -0.141. The third-order valence-electron chi connectivity index (χ3n) is 6.54. The normalized spacial score (nSPS) is 14.8. The molecule has 3 heterocycles. The van der Waals surface area contributed by atoms with Crippen LogP contribution in [-0.2, 0) is 12.7 Å². The molecule has 5 rings (SSSR count). The van der Waals surface area contributed by atoms with E-state index in [1.807, 2.05) is 45.9 Å². The summed E-state index contributed by atoms with van der Waals surface area (Å²) in [5, 5.41) is 0. The number of benzene rings is 1. The van der Waals surface area contributed by atoms with Crippen molar-refractivity contribution in [2.24, 2.45) is 5.92 Å². The predicted octanol–water partition coefficient (Wildman–Crippen LogP) is 5.85. The lowest BCUT2D eigenvalue weighted by Gasteiger charge is -2.21. The smallest absolute Gasteiger partial charge is 0.298 e. The van der Waals surface area contributed by atoms with Crippen LogP contribution in [0.5, 0.6) is 0 Å². The summed E-state index contributed by atoms with van der Waals surface area (Å²) >= 11 is 0. The second kappa shape index (κ2) is 7.87. The second-order valence-electron chi connectivity index (χ2n) is 9.24. The van der Waals surface area contributed by atoms with Gasteiger partial charge in [0.1, 0.15) is 0 Å². The average molecular weight is 456 g/mol. The Morgan fingerprint density at radius 2 is 1.82 bits per heavy atom. The van der Waals surface area contributed by atoms with Crippen molar-refractivity contribution in [2.75, 3.05) is 13.1 Å². The lowest BCUT2D eigenvalue weighted by atomic mass is 10.1. The van der Waals surface area contributed by atoms with Crippen molar-refractivity contribution in [1.29, 1.82) is 0 Å². The minimum atomic E-state index is -4.54. The zero-order valence-electron chi connectivity index (χ0n) is 19.4. The number of hydrogen-bond acceptors (Lipinski definition) is 3. The van der Waals surface area contributed by atoms with E-state index < -0.39 is 11.9 Å². The molecule has 1 aliphatic carbocycles. The molecule has 33 heavy (non-hydrogen) atoms. The first-order valence-electron chi connectivity index (χ1n) is 11.4. The summed E-state index contributed by atoms with van der Waals surface area (Å²) in [4.78, 5) is 10.9. The van der Waals surface area contributed by atoms with Gasteiger partial charge in [0.05, 0.1) is 16.9 Å². The fraction of sp³-hybridized carbons (Fsp3) is 0.440. The molecule has 0 N–H and O–H groups in total. The van der Waals surface area contributed by atoms with E-state index >= 15 is 0 Å². The zero-order chi connectivity index (χ0) is 23.5. The number of rotatable bonds is 6. The summed E-state index contributed by atoms with van der Waals surface area (Å²) in [6.45, 7) is 9.66. The number of imidazole rings is 2. The first-order chi connectivity index (χ1) is 15.7. The van der Waals surface area contributed by atoms with Gasteiger partial charge in [0.25, 0.3) is 0 Å². The van der Waals surface area contributed by atoms with Crippen LogP contribution in [-0.4, -0.2) is 36.9 Å². The molecule has 0 saturated heterocycles. The van der Waals surface area contributed by atoms with Gasteiger partial charge in [-0.15, -0.1) is 0 Å². The van der Waals surface area contributed by atoms with E-state index in [1.54, 1.807) is 21.2 Å². The Labute approximate surface area is 190 Å². The van der Waals surface area contributed by atoms with Crippen LogP contribution < -0.4 is 0 Å². The van der Waals surface area contributed by atoms with E-state index in [4.69, 9.17) is 0 Å². The third kappa shape index (κ3) is 3.80. The van der Waals surface area contributed by atoms with Crippen LogP contribution in [0.3, 0.4) is 0 Å². The monoisotopic (exact) mass is 455 g/mol. The molecule has 0 atom stereocenters. The maximum atomic E-state index is 14.2. The molecule has 1 aromatic carbocycles. The van der Waals surface area contributed by atoms with Crippen LogP contribution in [0.2, 0.25) is 0 Å². The number of nitrogens with zero attached hydrogens (tertiary/aromatic N) is 5. The van der Waals surface area contributed by atoms with Crippen LogP contribution in [0.1, 0.15) is 47.8 Å². The Morgan fingerprint density at radius 1 is 1.12 bits per heavy atom. The van der Waals surface area contributed by atoms with E-state index in [1.165, 1.54) is 0 Å². The van der Waals surface area contributed by atoms with Gasteiger partial charge in [-0.05, 0) is 69.3 Å². The van der Waals surface area contributed by atoms with Gasteiger partial charge in [0, 0.05) is 19.3 Å². The Bertz CT molecular complexity index is 1320. The van der Waals surface area contributed by atoms with Crippen molar-refractivity contribution in [3.05, 3.63) is 58.5 Å². The highest BCUT2D eigenvalue weighted by Gasteiger charge is 2.40. The van der Waals surface area contributed by atoms with Crippen molar-refractivity contribution < 1.29 is 13.2 Å². The highest BCUT2D eigenvalue weighted by Crippen LogP contribution is 2.37. The molecule has 1 saturated carbocycles. The Kier molecular flexibility index (Phi) is 5.23. The molecule has 0 radical (unpaired) electrons. The zero-order valence-corrected chi connectivity index (χ0v) is 19.4. The summed E-state index contributed by atoms with van der Waals surface area (Å²) in [7, 11) is 0. The molecule has 5 nitrogen and oxygen atoms in total. The maximum absolute atomic E-state index is 14.2. The summed E-state index contributed by atoms with van der Waals surface area (Å²) < 4.78 is 46.1. The van der Waals surface area contributed by atoms with Gasteiger partial charge in [-0.1, -0.05) is 24.6 Å². The second-order valence-corrected chi connectivity index (χ2v) is 9.24. The maximum Gasteiger partial charge on any atom is 0.435 e. The van der Waals surface area contributed by atoms with E-state index in [0.29, 0.717) is 23.6 Å². The van der Waals surface area contributed by atoms with E-state index in [2.05, 4.69) is 14.9 Å². The molecule has 1 aliphatic rings. The van der Waals surface area contributed by atoms with Crippen molar-refractivity contribution >= 4 is 16.9 Å². The molecular formula is C25H28F3N5. The van der Waals surface area contributed by atoms with Gasteiger partial charge in [0.15, 0.2) is 11.3 Å². The Balaban J connectivity index is 1.82. The molecule has 0 bridgehead atoms. The molecule has 0 amide bonds. The van der Waals surface area contributed by atoms with Gasteiger partial charge >= 0.3 is 6.18 Å². The highest BCUT2D eigenvalue weighted by atomic mass is 19.4. The van der Waals surface area contributed by atoms with E-state index in [-0.39, 0.29) is 18.0 Å². The number of halogens is 3. The first-order valence-corrected chi connectivity index (χ1v) is 11.4. The molecule has 8 heteroatoms. The minimum absolute atomic E-state index is 0.180. The van der Waals surface area contributed by atoms with Crippen molar-refractivity contribution in [3.8, 4) is 5.69 Å². The molecular weight excluding hydrogens is 427 g/mol. The van der Waals surface area contributed by atoms with Crippen molar-refractivity contribution in [1.82, 2.24) is 23.8 Å². The number of aryl methyl sites for hydroxylation is 3.